The van der Waals surface area contributed by atoms with Gasteiger partial charge in [0, 0.05) is 29.2 Å². The number of amides is 2. The molecule has 12 heteroatoms. The maximum absolute atomic E-state index is 13.7. The van der Waals surface area contributed by atoms with Crippen LogP contribution in [0.1, 0.15) is 38.7 Å². The van der Waals surface area contributed by atoms with Gasteiger partial charge < -0.3 is 19.7 Å². The fourth-order valence-corrected chi connectivity index (χ4v) is 5.22. The Labute approximate surface area is 227 Å². The average molecular weight is 573 g/mol. The summed E-state index contributed by atoms with van der Waals surface area (Å²) in [4.78, 5) is 28.2. The number of hydrogen-bond acceptors (Lipinski definition) is 6. The summed E-state index contributed by atoms with van der Waals surface area (Å²) in [6, 6.07) is 8.67. The first kappa shape index (κ1) is 28.9. The highest BCUT2D eigenvalue weighted by Gasteiger charge is 2.32. The first-order valence-electron chi connectivity index (χ1n) is 11.9. The molecule has 1 heterocycles. The molecule has 202 valence electrons. The summed E-state index contributed by atoms with van der Waals surface area (Å²) in [6.45, 7) is 3.77. The molecule has 37 heavy (non-hydrogen) atoms. The van der Waals surface area contributed by atoms with Crippen LogP contribution in [0.2, 0.25) is 10.0 Å². The van der Waals surface area contributed by atoms with E-state index < -0.39 is 28.5 Å². The predicted octanol–water partition coefficient (Wildman–Crippen LogP) is 4.21. The Bertz CT molecular complexity index is 1240. The lowest BCUT2D eigenvalue weighted by Gasteiger charge is -2.33. The number of ether oxygens (including phenoxy) is 2. The normalized spacial score (nSPS) is 13.2. The fraction of sp³-hybridized carbons (Fsp3) is 0.440. The minimum absolute atomic E-state index is 0.00667. The van der Waals surface area contributed by atoms with Gasteiger partial charge in [0.1, 0.15) is 12.6 Å². The van der Waals surface area contributed by atoms with Crippen molar-refractivity contribution in [3.63, 3.8) is 0 Å². The Morgan fingerprint density at radius 3 is 2.46 bits per heavy atom. The SMILES string of the molecule is CCCCNC(=O)C(CC)N(Cc1ccc(Cl)cc1Cl)C(=O)CN(c1ccc2c(c1)OCO2)S(C)(=O)=O. The standard InChI is InChI=1S/C25H31Cl2N3O6S/c1-4-6-11-28-25(32)21(5-2)29(14-17-7-8-18(26)12-20(17)27)24(31)15-30(37(3,33)34)19-9-10-22-23(13-19)36-16-35-22/h7-10,12-13,21H,4-6,11,14-16H2,1-3H3,(H,28,32). The van der Waals surface area contributed by atoms with Crippen molar-refractivity contribution >= 4 is 50.7 Å². The molecule has 0 spiro atoms. The van der Waals surface area contributed by atoms with Crippen LogP contribution < -0.4 is 19.1 Å². The number of nitrogens with zero attached hydrogens (tertiary/aromatic N) is 2. The van der Waals surface area contributed by atoms with E-state index in [-0.39, 0.29) is 24.9 Å². The third-order valence-electron chi connectivity index (χ3n) is 5.89. The zero-order chi connectivity index (χ0) is 27.2. The molecule has 1 aliphatic heterocycles. The number of halogens is 2. The first-order chi connectivity index (χ1) is 17.5. The van der Waals surface area contributed by atoms with E-state index >= 15 is 0 Å². The molecule has 0 aromatic heterocycles. The number of hydrogen-bond donors (Lipinski definition) is 1. The molecule has 2 aromatic rings. The highest BCUT2D eigenvalue weighted by atomic mass is 35.5. The van der Waals surface area contributed by atoms with Crippen LogP contribution in [0, 0.1) is 0 Å². The minimum atomic E-state index is -3.88. The van der Waals surface area contributed by atoms with Gasteiger partial charge in [0.2, 0.25) is 28.6 Å². The molecule has 2 aromatic carbocycles. The molecule has 0 fully saturated rings. The summed E-state index contributed by atoms with van der Waals surface area (Å²) in [5, 5.41) is 3.64. The Morgan fingerprint density at radius 2 is 1.81 bits per heavy atom. The van der Waals surface area contributed by atoms with Crippen LogP contribution in [0.4, 0.5) is 5.69 Å². The lowest BCUT2D eigenvalue weighted by Crippen LogP contribution is -2.52. The maximum atomic E-state index is 13.7. The highest BCUT2D eigenvalue weighted by molar-refractivity contribution is 7.92. The largest absolute Gasteiger partial charge is 0.454 e. The van der Waals surface area contributed by atoms with Gasteiger partial charge in [0.25, 0.3) is 0 Å². The van der Waals surface area contributed by atoms with E-state index in [0.29, 0.717) is 40.1 Å². The summed E-state index contributed by atoms with van der Waals surface area (Å²) in [7, 11) is -3.88. The Morgan fingerprint density at radius 1 is 1.08 bits per heavy atom. The third-order valence-corrected chi connectivity index (χ3v) is 7.62. The molecule has 2 amide bonds. The van der Waals surface area contributed by atoms with Crippen molar-refractivity contribution in [2.75, 3.05) is 30.4 Å². The molecule has 0 radical (unpaired) electrons. The number of benzene rings is 2. The van der Waals surface area contributed by atoms with Crippen LogP contribution in [0.15, 0.2) is 36.4 Å². The number of fused-ring (bicyclic) bond motifs is 1. The van der Waals surface area contributed by atoms with Gasteiger partial charge in [-0.1, -0.05) is 49.5 Å². The number of unbranched alkanes of at least 4 members (excludes halogenated alkanes) is 1. The summed E-state index contributed by atoms with van der Waals surface area (Å²) in [6.07, 6.45) is 3.03. The van der Waals surface area contributed by atoms with Crippen LogP contribution in [-0.2, 0) is 26.2 Å². The van der Waals surface area contributed by atoms with E-state index in [1.807, 2.05) is 6.92 Å². The molecular weight excluding hydrogens is 541 g/mol. The lowest BCUT2D eigenvalue weighted by atomic mass is 10.1. The minimum Gasteiger partial charge on any atom is -0.454 e. The quantitative estimate of drug-likeness (QED) is 0.382. The predicted molar refractivity (Wildman–Crippen MR) is 144 cm³/mol. The molecule has 3 rings (SSSR count). The molecule has 9 nitrogen and oxygen atoms in total. The van der Waals surface area contributed by atoms with E-state index in [9.17, 15) is 18.0 Å². The van der Waals surface area contributed by atoms with E-state index in [4.69, 9.17) is 32.7 Å². The summed E-state index contributed by atoms with van der Waals surface area (Å²) < 4.78 is 37.2. The van der Waals surface area contributed by atoms with Crippen LogP contribution in [0.3, 0.4) is 0 Å². The molecule has 1 N–H and O–H groups in total. The van der Waals surface area contributed by atoms with Gasteiger partial charge in [-0.3, -0.25) is 13.9 Å². The zero-order valence-corrected chi connectivity index (χ0v) is 23.3. The Kier molecular flexibility index (Phi) is 9.92. The Balaban J connectivity index is 1.94. The zero-order valence-electron chi connectivity index (χ0n) is 21.0. The van der Waals surface area contributed by atoms with Crippen LogP contribution in [0.25, 0.3) is 0 Å². The molecule has 0 saturated heterocycles. The fourth-order valence-electron chi connectivity index (χ4n) is 3.91. The van der Waals surface area contributed by atoms with Crippen LogP contribution >= 0.6 is 23.2 Å². The second-order valence-corrected chi connectivity index (χ2v) is 11.4. The highest BCUT2D eigenvalue weighted by Crippen LogP contribution is 2.36. The van der Waals surface area contributed by atoms with Crippen molar-refractivity contribution in [2.24, 2.45) is 0 Å². The van der Waals surface area contributed by atoms with E-state index in [2.05, 4.69) is 5.32 Å². The summed E-state index contributed by atoms with van der Waals surface area (Å²) in [5.41, 5.74) is 0.818. The molecule has 1 unspecified atom stereocenters. The molecule has 1 atom stereocenters. The number of carbonyl (C=O) groups excluding carboxylic acids is 2. The van der Waals surface area contributed by atoms with E-state index in [1.54, 1.807) is 31.2 Å². The molecule has 0 saturated carbocycles. The monoisotopic (exact) mass is 571 g/mol. The van der Waals surface area contributed by atoms with E-state index in [1.165, 1.54) is 17.0 Å². The van der Waals surface area contributed by atoms with Gasteiger partial charge in [0.15, 0.2) is 11.5 Å². The van der Waals surface area contributed by atoms with Gasteiger partial charge in [-0.2, -0.15) is 0 Å². The smallest absolute Gasteiger partial charge is 0.244 e. The summed E-state index contributed by atoms with van der Waals surface area (Å²) >= 11 is 12.4. The summed E-state index contributed by atoms with van der Waals surface area (Å²) in [5.74, 6) is -0.0163. The Hall–Kier alpha value is -2.69. The van der Waals surface area contributed by atoms with Gasteiger partial charge in [-0.15, -0.1) is 0 Å². The van der Waals surface area contributed by atoms with E-state index in [0.717, 1.165) is 23.4 Å². The molecule has 1 aliphatic rings. The topological polar surface area (TPSA) is 105 Å². The molecular formula is C25H31Cl2N3O6S. The second-order valence-electron chi connectivity index (χ2n) is 8.63. The van der Waals surface area contributed by atoms with Gasteiger partial charge >= 0.3 is 0 Å². The lowest BCUT2D eigenvalue weighted by molar-refractivity contribution is -0.140. The van der Waals surface area contributed by atoms with Crippen molar-refractivity contribution in [1.29, 1.82) is 0 Å². The number of sulfonamides is 1. The second kappa shape index (κ2) is 12.7. The molecule has 0 bridgehead atoms. The average Bonchev–Trinajstić information content (AvgIpc) is 3.31. The van der Waals surface area contributed by atoms with Gasteiger partial charge in [0.05, 0.1) is 11.9 Å². The van der Waals surface area contributed by atoms with Crippen molar-refractivity contribution in [1.82, 2.24) is 10.2 Å². The number of nitrogens with one attached hydrogen (secondary N) is 1. The van der Waals surface area contributed by atoms with Crippen LogP contribution in [-0.4, -0.2) is 57.3 Å². The number of carbonyl (C=O) groups is 2. The van der Waals surface area contributed by atoms with Gasteiger partial charge in [-0.25, -0.2) is 8.42 Å². The van der Waals surface area contributed by atoms with Crippen molar-refractivity contribution < 1.29 is 27.5 Å². The maximum Gasteiger partial charge on any atom is 0.244 e. The first-order valence-corrected chi connectivity index (χ1v) is 14.5. The van der Waals surface area contributed by atoms with Crippen molar-refractivity contribution in [2.45, 2.75) is 45.7 Å². The van der Waals surface area contributed by atoms with Gasteiger partial charge in [-0.05, 0) is 42.7 Å². The molecule has 0 aliphatic carbocycles. The van der Waals surface area contributed by atoms with Crippen molar-refractivity contribution in [3.8, 4) is 11.5 Å². The van der Waals surface area contributed by atoms with Crippen LogP contribution in [0.5, 0.6) is 11.5 Å². The third kappa shape index (κ3) is 7.43. The number of rotatable bonds is 12. The van der Waals surface area contributed by atoms with Crippen molar-refractivity contribution in [3.05, 3.63) is 52.0 Å². The number of anilines is 1.